The smallest absolute Gasteiger partial charge is 0.126 e. The molecule has 0 radical (unpaired) electrons. The SMILES string of the molecule is Cc1cc(CCN(C)CS)ccc1F. The van der Waals surface area contributed by atoms with Crippen LogP contribution in [0.3, 0.4) is 0 Å². The summed E-state index contributed by atoms with van der Waals surface area (Å²) in [7, 11) is 2.02. The zero-order valence-electron chi connectivity index (χ0n) is 8.63. The van der Waals surface area contributed by atoms with E-state index in [1.165, 1.54) is 11.6 Å². The molecule has 1 nitrogen and oxygen atoms in total. The third-order valence-corrected chi connectivity index (χ3v) is 2.73. The topological polar surface area (TPSA) is 3.24 Å². The second kappa shape index (κ2) is 5.37. The molecule has 0 amide bonds. The molecule has 0 spiro atoms. The van der Waals surface area contributed by atoms with Crippen molar-refractivity contribution >= 4 is 12.6 Å². The van der Waals surface area contributed by atoms with Crippen molar-refractivity contribution in [2.24, 2.45) is 0 Å². The first-order chi connectivity index (χ1) is 6.63. The van der Waals surface area contributed by atoms with Gasteiger partial charge in [0.2, 0.25) is 0 Å². The van der Waals surface area contributed by atoms with Crippen LogP contribution in [0, 0.1) is 12.7 Å². The number of hydrogen-bond acceptors (Lipinski definition) is 2. The van der Waals surface area contributed by atoms with Gasteiger partial charge in [0.05, 0.1) is 0 Å². The fourth-order valence-electron chi connectivity index (χ4n) is 1.25. The highest BCUT2D eigenvalue weighted by Gasteiger charge is 2.00. The van der Waals surface area contributed by atoms with E-state index in [9.17, 15) is 4.39 Å². The summed E-state index contributed by atoms with van der Waals surface area (Å²) in [5.74, 6) is 0.622. The zero-order chi connectivity index (χ0) is 10.6. The molecule has 0 saturated carbocycles. The Bertz CT molecular complexity index is 301. The number of benzene rings is 1. The standard InChI is InChI=1S/C11H16FNS/c1-9-7-10(3-4-11(9)12)5-6-13(2)8-14/h3-4,7,14H,5-6,8H2,1-2H3. The molecule has 0 aliphatic heterocycles. The van der Waals surface area contributed by atoms with Crippen LogP contribution in [0.4, 0.5) is 4.39 Å². The van der Waals surface area contributed by atoms with Gasteiger partial charge in [0, 0.05) is 12.4 Å². The summed E-state index contributed by atoms with van der Waals surface area (Å²) in [5, 5.41) is 0. The number of rotatable bonds is 4. The summed E-state index contributed by atoms with van der Waals surface area (Å²) in [4.78, 5) is 2.11. The third-order valence-electron chi connectivity index (χ3n) is 2.25. The number of thiol groups is 1. The lowest BCUT2D eigenvalue weighted by atomic mass is 10.1. The van der Waals surface area contributed by atoms with Crippen LogP contribution in [-0.2, 0) is 6.42 Å². The van der Waals surface area contributed by atoms with Crippen LogP contribution in [0.15, 0.2) is 18.2 Å². The lowest BCUT2D eigenvalue weighted by Gasteiger charge is -2.13. The summed E-state index contributed by atoms with van der Waals surface area (Å²) in [6, 6.07) is 5.28. The molecule has 0 bridgehead atoms. The molecular formula is C11H16FNS. The average Bonchev–Trinajstić information content (AvgIpc) is 2.19. The largest absolute Gasteiger partial charge is 0.297 e. The van der Waals surface area contributed by atoms with Crippen molar-refractivity contribution in [2.45, 2.75) is 13.3 Å². The van der Waals surface area contributed by atoms with Gasteiger partial charge in [-0.25, -0.2) is 4.39 Å². The minimum Gasteiger partial charge on any atom is -0.297 e. The molecule has 0 aliphatic rings. The van der Waals surface area contributed by atoms with Gasteiger partial charge in [0.25, 0.3) is 0 Å². The Morgan fingerprint density at radius 3 is 2.71 bits per heavy atom. The van der Waals surface area contributed by atoms with E-state index in [2.05, 4.69) is 17.5 Å². The second-order valence-corrected chi connectivity index (χ2v) is 3.84. The average molecular weight is 213 g/mol. The lowest BCUT2D eigenvalue weighted by Crippen LogP contribution is -2.19. The second-order valence-electron chi connectivity index (χ2n) is 3.55. The first-order valence-electron chi connectivity index (χ1n) is 4.68. The van der Waals surface area contributed by atoms with Gasteiger partial charge in [0.15, 0.2) is 0 Å². The highest BCUT2D eigenvalue weighted by Crippen LogP contribution is 2.09. The number of likely N-dealkylation sites (N-methyl/N-ethyl adjacent to an activating group) is 1. The Morgan fingerprint density at radius 2 is 2.14 bits per heavy atom. The van der Waals surface area contributed by atoms with Crippen molar-refractivity contribution in [2.75, 3.05) is 19.5 Å². The Kier molecular flexibility index (Phi) is 4.42. The van der Waals surface area contributed by atoms with Crippen LogP contribution in [0.5, 0.6) is 0 Å². The molecule has 0 aromatic heterocycles. The van der Waals surface area contributed by atoms with Crippen molar-refractivity contribution in [3.05, 3.63) is 35.1 Å². The summed E-state index contributed by atoms with van der Waals surface area (Å²) >= 11 is 4.16. The molecule has 0 aliphatic carbocycles. The fraction of sp³-hybridized carbons (Fsp3) is 0.455. The Hall–Kier alpha value is -0.540. The van der Waals surface area contributed by atoms with E-state index in [1.807, 2.05) is 19.2 Å². The third kappa shape index (κ3) is 3.31. The highest BCUT2D eigenvalue weighted by atomic mass is 32.1. The normalized spacial score (nSPS) is 10.9. The molecule has 14 heavy (non-hydrogen) atoms. The zero-order valence-corrected chi connectivity index (χ0v) is 9.52. The summed E-state index contributed by atoms with van der Waals surface area (Å²) in [5.41, 5.74) is 1.90. The highest BCUT2D eigenvalue weighted by molar-refractivity contribution is 7.80. The van der Waals surface area contributed by atoms with Crippen LogP contribution in [0.2, 0.25) is 0 Å². The first kappa shape index (κ1) is 11.5. The molecule has 0 N–H and O–H groups in total. The van der Waals surface area contributed by atoms with Gasteiger partial charge in [-0.15, -0.1) is 0 Å². The van der Waals surface area contributed by atoms with Crippen molar-refractivity contribution in [1.29, 1.82) is 0 Å². The van der Waals surface area contributed by atoms with E-state index >= 15 is 0 Å². The van der Waals surface area contributed by atoms with E-state index in [1.54, 1.807) is 6.92 Å². The van der Waals surface area contributed by atoms with E-state index < -0.39 is 0 Å². The first-order valence-corrected chi connectivity index (χ1v) is 5.31. The molecule has 78 valence electrons. The molecule has 1 aromatic carbocycles. The minimum atomic E-state index is -0.128. The van der Waals surface area contributed by atoms with Gasteiger partial charge < -0.3 is 0 Å². The van der Waals surface area contributed by atoms with E-state index in [0.29, 0.717) is 0 Å². The maximum Gasteiger partial charge on any atom is 0.126 e. The molecule has 0 fully saturated rings. The van der Waals surface area contributed by atoms with Crippen LogP contribution < -0.4 is 0 Å². The number of nitrogens with zero attached hydrogens (tertiary/aromatic N) is 1. The van der Waals surface area contributed by atoms with Crippen LogP contribution in [-0.4, -0.2) is 24.4 Å². The molecule has 3 heteroatoms. The Labute approximate surface area is 90.3 Å². The summed E-state index contributed by atoms with van der Waals surface area (Å²) < 4.78 is 12.9. The van der Waals surface area contributed by atoms with Crippen molar-refractivity contribution in [1.82, 2.24) is 4.90 Å². The molecular weight excluding hydrogens is 197 g/mol. The van der Waals surface area contributed by atoms with Crippen molar-refractivity contribution in [3.8, 4) is 0 Å². The number of hydrogen-bond donors (Lipinski definition) is 1. The molecule has 0 unspecified atom stereocenters. The van der Waals surface area contributed by atoms with Gasteiger partial charge >= 0.3 is 0 Å². The monoisotopic (exact) mass is 213 g/mol. The Balaban J connectivity index is 2.55. The van der Waals surface area contributed by atoms with Gasteiger partial charge in [-0.3, -0.25) is 4.90 Å². The van der Waals surface area contributed by atoms with Gasteiger partial charge in [0.1, 0.15) is 5.82 Å². The molecule has 0 atom stereocenters. The maximum atomic E-state index is 12.9. The van der Waals surface area contributed by atoms with Gasteiger partial charge in [-0.05, 0) is 37.6 Å². The fourth-order valence-corrected chi connectivity index (χ4v) is 1.39. The number of aryl methyl sites for hydroxylation is 1. The predicted molar refractivity (Wildman–Crippen MR) is 61.3 cm³/mol. The van der Waals surface area contributed by atoms with Crippen LogP contribution >= 0.6 is 12.6 Å². The lowest BCUT2D eigenvalue weighted by molar-refractivity contribution is 0.399. The summed E-state index contributed by atoms with van der Waals surface area (Å²) in [6.07, 6.45) is 0.943. The van der Waals surface area contributed by atoms with E-state index in [4.69, 9.17) is 0 Å². The van der Waals surface area contributed by atoms with Crippen molar-refractivity contribution in [3.63, 3.8) is 0 Å². The molecule has 0 heterocycles. The Morgan fingerprint density at radius 1 is 1.43 bits per heavy atom. The van der Waals surface area contributed by atoms with Crippen molar-refractivity contribution < 1.29 is 4.39 Å². The predicted octanol–water partition coefficient (Wildman–Crippen LogP) is 2.50. The minimum absolute atomic E-state index is 0.128. The number of halogens is 1. The van der Waals surface area contributed by atoms with Gasteiger partial charge in [-0.2, -0.15) is 12.6 Å². The van der Waals surface area contributed by atoms with Crippen LogP contribution in [0.1, 0.15) is 11.1 Å². The maximum absolute atomic E-state index is 12.9. The van der Waals surface area contributed by atoms with Gasteiger partial charge in [-0.1, -0.05) is 12.1 Å². The van der Waals surface area contributed by atoms with Crippen LogP contribution in [0.25, 0.3) is 0 Å². The summed E-state index contributed by atoms with van der Waals surface area (Å²) in [6.45, 7) is 2.75. The molecule has 0 saturated heterocycles. The molecule has 1 aromatic rings. The molecule has 1 rings (SSSR count). The quantitative estimate of drug-likeness (QED) is 0.594. The van der Waals surface area contributed by atoms with E-state index in [0.717, 1.165) is 24.4 Å². The van der Waals surface area contributed by atoms with E-state index in [-0.39, 0.29) is 5.82 Å².